The summed E-state index contributed by atoms with van der Waals surface area (Å²) in [6, 6.07) is 23.7. The van der Waals surface area contributed by atoms with Gasteiger partial charge in [-0.15, -0.1) is 0 Å². The zero-order valence-electron chi connectivity index (χ0n) is 24.5. The number of unbranched alkanes of at least 4 members (excludes halogenated alkanes) is 2. The van der Waals surface area contributed by atoms with Gasteiger partial charge in [0.05, 0.1) is 23.9 Å². The maximum atomic E-state index is 14.8. The molecule has 2 heterocycles. The van der Waals surface area contributed by atoms with E-state index < -0.39 is 11.6 Å². The molecule has 0 unspecified atom stereocenters. The number of rotatable bonds is 11. The Morgan fingerprint density at radius 1 is 1.00 bits per heavy atom. The van der Waals surface area contributed by atoms with E-state index in [1.165, 1.54) is 4.90 Å². The lowest BCUT2D eigenvalue weighted by Gasteiger charge is -2.36. The van der Waals surface area contributed by atoms with Crippen molar-refractivity contribution in [2.75, 3.05) is 31.1 Å². The van der Waals surface area contributed by atoms with Gasteiger partial charge in [0.15, 0.2) is 0 Å². The van der Waals surface area contributed by atoms with Gasteiger partial charge in [0, 0.05) is 48.6 Å². The Balaban J connectivity index is 1.53. The van der Waals surface area contributed by atoms with Gasteiger partial charge >= 0.3 is 12.0 Å². The number of nitriles is 1. The summed E-state index contributed by atoms with van der Waals surface area (Å²) in [4.78, 5) is 46.1. The molecule has 8 nitrogen and oxygen atoms in total. The highest BCUT2D eigenvalue weighted by Gasteiger charge is 2.65. The summed E-state index contributed by atoms with van der Waals surface area (Å²) >= 11 is 12.6. The number of nitrogens with zero attached hydrogens (tertiary/aromatic N) is 4. The van der Waals surface area contributed by atoms with Crippen LogP contribution in [-0.2, 0) is 20.9 Å². The second-order valence-electron chi connectivity index (χ2n) is 11.2. The Kier molecular flexibility index (Phi) is 9.90. The highest BCUT2D eigenvalue weighted by atomic mass is 35.5. The molecule has 0 N–H and O–H groups in total. The second kappa shape index (κ2) is 13.8. The van der Waals surface area contributed by atoms with Gasteiger partial charge in [0.2, 0.25) is 0 Å². The third-order valence-electron chi connectivity index (χ3n) is 8.32. The van der Waals surface area contributed by atoms with Gasteiger partial charge in [0.1, 0.15) is 5.54 Å². The first-order valence-corrected chi connectivity index (χ1v) is 15.6. The minimum absolute atomic E-state index is 0.242. The summed E-state index contributed by atoms with van der Waals surface area (Å²) in [5.41, 5.74) is 1.60. The molecule has 2 aliphatic rings. The third-order valence-corrected chi connectivity index (χ3v) is 8.76. The second-order valence-corrected chi connectivity index (χ2v) is 12.1. The van der Waals surface area contributed by atoms with Crippen molar-refractivity contribution in [3.8, 4) is 6.07 Å². The molecule has 0 aromatic heterocycles. The number of hydrogen-bond acceptors (Lipinski definition) is 6. The maximum Gasteiger partial charge on any atom is 0.332 e. The number of urea groups is 1. The number of ether oxygens (including phenoxy) is 1. The number of anilines is 1. The molecular weight excluding hydrogens is 599 g/mol. The van der Waals surface area contributed by atoms with Crippen LogP contribution in [0.15, 0.2) is 72.8 Å². The zero-order valence-corrected chi connectivity index (χ0v) is 26.1. The van der Waals surface area contributed by atoms with Crippen LogP contribution in [0.4, 0.5) is 10.5 Å². The SMILES string of the molecule is CCOC(=O)CCCCCN1C(=O)N(c2cc(Cl)cc(Cl)c2)C(=O)[C@]12CN(Cc1ccccc1)C[C@H]2c1ccc(C#N)cc1. The first-order chi connectivity index (χ1) is 21.3. The van der Waals surface area contributed by atoms with Crippen molar-refractivity contribution in [1.82, 2.24) is 9.80 Å². The average Bonchev–Trinajstić information content (AvgIpc) is 3.47. The fraction of sp³-hybridized carbons (Fsp3) is 0.353. The molecule has 5 rings (SSSR count). The monoisotopic (exact) mass is 632 g/mol. The number of carbonyl (C=O) groups excluding carboxylic acids is 3. The van der Waals surface area contributed by atoms with Crippen molar-refractivity contribution >= 4 is 46.8 Å². The van der Waals surface area contributed by atoms with Crippen molar-refractivity contribution in [1.29, 1.82) is 5.26 Å². The molecule has 228 valence electrons. The summed E-state index contributed by atoms with van der Waals surface area (Å²) < 4.78 is 5.05. The molecule has 2 atom stereocenters. The van der Waals surface area contributed by atoms with Crippen molar-refractivity contribution in [2.45, 2.75) is 50.6 Å². The number of carbonyl (C=O) groups is 3. The van der Waals surface area contributed by atoms with Crippen molar-refractivity contribution in [3.05, 3.63) is 99.5 Å². The van der Waals surface area contributed by atoms with Gasteiger partial charge in [-0.1, -0.05) is 72.1 Å². The number of esters is 1. The van der Waals surface area contributed by atoms with Gasteiger partial charge in [-0.3, -0.25) is 14.5 Å². The topological polar surface area (TPSA) is 93.9 Å². The van der Waals surface area contributed by atoms with Crippen LogP contribution in [0, 0.1) is 11.3 Å². The van der Waals surface area contributed by atoms with Crippen LogP contribution in [-0.4, -0.2) is 59.5 Å². The molecule has 0 saturated carbocycles. The largest absolute Gasteiger partial charge is 0.466 e. The molecule has 44 heavy (non-hydrogen) atoms. The summed E-state index contributed by atoms with van der Waals surface area (Å²) in [6.07, 6.45) is 2.21. The van der Waals surface area contributed by atoms with E-state index in [-0.39, 0.29) is 17.8 Å². The van der Waals surface area contributed by atoms with E-state index in [0.717, 1.165) is 11.1 Å². The van der Waals surface area contributed by atoms with Crippen molar-refractivity contribution in [2.24, 2.45) is 0 Å². The smallest absolute Gasteiger partial charge is 0.332 e. The Labute approximate surface area is 267 Å². The van der Waals surface area contributed by atoms with Crippen LogP contribution in [0.2, 0.25) is 10.0 Å². The third kappa shape index (κ3) is 6.46. The molecule has 3 aromatic rings. The van der Waals surface area contributed by atoms with E-state index in [1.54, 1.807) is 42.2 Å². The first kappa shape index (κ1) is 31.5. The number of likely N-dealkylation sites (tertiary alicyclic amines) is 1. The standard InChI is InChI=1S/C34H34Cl2N4O4/c1-2-44-31(41)11-7-4-8-16-39-33(43)40(29-18-27(35)17-28(36)19-29)32(42)34(39)23-38(21-25-9-5-3-6-10-25)22-30(34)26-14-12-24(20-37)13-15-26/h3,5-6,9-10,12-15,17-19,30H,2,4,7-8,11,16,21-23H2,1H3/t30-,34+/m0/s1. The average molecular weight is 634 g/mol. The fourth-order valence-electron chi connectivity index (χ4n) is 6.38. The highest BCUT2D eigenvalue weighted by Crippen LogP contribution is 2.48. The number of halogens is 2. The summed E-state index contributed by atoms with van der Waals surface area (Å²) in [6.45, 7) is 3.90. The Morgan fingerprint density at radius 2 is 1.70 bits per heavy atom. The summed E-state index contributed by atoms with van der Waals surface area (Å²) in [5.74, 6) is -0.944. The van der Waals surface area contributed by atoms with Gasteiger partial charge in [-0.2, -0.15) is 5.26 Å². The molecule has 2 saturated heterocycles. The lowest BCUT2D eigenvalue weighted by Crippen LogP contribution is -2.55. The normalized spacial score (nSPS) is 20.0. The van der Waals surface area contributed by atoms with Crippen LogP contribution in [0.3, 0.4) is 0 Å². The van der Waals surface area contributed by atoms with Gasteiger partial charge in [0.25, 0.3) is 5.91 Å². The van der Waals surface area contributed by atoms with E-state index in [0.29, 0.717) is 79.8 Å². The van der Waals surface area contributed by atoms with Crippen LogP contribution in [0.1, 0.15) is 55.2 Å². The lowest BCUT2D eigenvalue weighted by molar-refractivity contribution is -0.143. The van der Waals surface area contributed by atoms with E-state index in [2.05, 4.69) is 11.0 Å². The van der Waals surface area contributed by atoms with Gasteiger partial charge < -0.3 is 9.64 Å². The number of amides is 3. The van der Waals surface area contributed by atoms with Gasteiger partial charge in [-0.05, 0) is 61.2 Å². The lowest BCUT2D eigenvalue weighted by atomic mass is 9.80. The van der Waals surface area contributed by atoms with E-state index in [9.17, 15) is 19.6 Å². The van der Waals surface area contributed by atoms with Crippen LogP contribution in [0.25, 0.3) is 0 Å². The predicted octanol–water partition coefficient (Wildman–Crippen LogP) is 6.80. The summed E-state index contributed by atoms with van der Waals surface area (Å²) in [7, 11) is 0. The fourth-order valence-corrected chi connectivity index (χ4v) is 6.89. The van der Waals surface area contributed by atoms with Crippen LogP contribution >= 0.6 is 23.2 Å². The van der Waals surface area contributed by atoms with E-state index in [1.807, 2.05) is 42.5 Å². The van der Waals surface area contributed by atoms with Crippen LogP contribution in [0.5, 0.6) is 0 Å². The molecule has 0 radical (unpaired) electrons. The predicted molar refractivity (Wildman–Crippen MR) is 169 cm³/mol. The molecule has 10 heteroatoms. The molecule has 2 fully saturated rings. The maximum absolute atomic E-state index is 14.8. The number of benzene rings is 3. The van der Waals surface area contributed by atoms with Gasteiger partial charge in [-0.25, -0.2) is 9.69 Å². The molecule has 3 aromatic carbocycles. The van der Waals surface area contributed by atoms with Crippen molar-refractivity contribution < 1.29 is 19.1 Å². The van der Waals surface area contributed by atoms with Crippen molar-refractivity contribution in [3.63, 3.8) is 0 Å². The van der Waals surface area contributed by atoms with E-state index in [4.69, 9.17) is 27.9 Å². The number of imide groups is 1. The zero-order chi connectivity index (χ0) is 31.3. The quantitative estimate of drug-likeness (QED) is 0.131. The minimum Gasteiger partial charge on any atom is -0.466 e. The molecule has 1 spiro atoms. The highest BCUT2D eigenvalue weighted by molar-refractivity contribution is 6.35. The Hall–Kier alpha value is -3.90. The summed E-state index contributed by atoms with van der Waals surface area (Å²) in [5, 5.41) is 10.1. The van der Waals surface area contributed by atoms with Crippen LogP contribution < -0.4 is 4.90 Å². The first-order valence-electron chi connectivity index (χ1n) is 14.8. The molecule has 0 bridgehead atoms. The molecule has 2 aliphatic heterocycles. The van der Waals surface area contributed by atoms with E-state index >= 15 is 0 Å². The molecule has 3 amide bonds. The Bertz CT molecular complexity index is 1540. The molecule has 0 aliphatic carbocycles. The number of hydrogen-bond donors (Lipinski definition) is 0. The molecular formula is C34H34Cl2N4O4. The minimum atomic E-state index is -1.21. The Morgan fingerprint density at radius 3 is 2.36 bits per heavy atom.